The number of ether oxygens (including phenoxy) is 1. The van der Waals surface area contributed by atoms with Crippen LogP contribution in [0, 0.1) is 0 Å². The molecule has 0 aliphatic carbocycles. The van der Waals surface area contributed by atoms with Gasteiger partial charge in [0.2, 0.25) is 0 Å². The van der Waals surface area contributed by atoms with Gasteiger partial charge < -0.3 is 15.4 Å². The van der Waals surface area contributed by atoms with Crippen LogP contribution in [0.2, 0.25) is 0 Å². The van der Waals surface area contributed by atoms with Crippen LogP contribution in [-0.4, -0.2) is 31.1 Å². The molecule has 1 fully saturated rings. The maximum absolute atomic E-state index is 6.01. The first kappa shape index (κ1) is 15.2. The summed E-state index contributed by atoms with van der Waals surface area (Å²) in [6.07, 6.45) is 7.88. The topological polar surface area (TPSA) is 38.5 Å². The molecule has 1 saturated heterocycles. The van der Waals surface area contributed by atoms with Crippen molar-refractivity contribution in [2.75, 3.05) is 32.0 Å². The van der Waals surface area contributed by atoms with Crippen LogP contribution >= 0.6 is 0 Å². The number of nitrogens with two attached hydrogens (primary N) is 1. The zero-order valence-corrected chi connectivity index (χ0v) is 12.7. The zero-order valence-electron chi connectivity index (χ0n) is 12.7. The van der Waals surface area contributed by atoms with Gasteiger partial charge in [-0.15, -0.1) is 0 Å². The molecule has 20 heavy (non-hydrogen) atoms. The molecule has 3 nitrogen and oxygen atoms in total. The summed E-state index contributed by atoms with van der Waals surface area (Å²) in [7, 11) is 0. The van der Waals surface area contributed by atoms with E-state index in [4.69, 9.17) is 10.5 Å². The predicted octanol–water partition coefficient (Wildman–Crippen LogP) is 3.48. The second-order valence-corrected chi connectivity index (χ2v) is 5.66. The Morgan fingerprint density at radius 1 is 1.15 bits per heavy atom. The lowest BCUT2D eigenvalue weighted by Gasteiger charge is -2.19. The van der Waals surface area contributed by atoms with Crippen LogP contribution in [0.5, 0.6) is 5.75 Å². The van der Waals surface area contributed by atoms with Gasteiger partial charge in [-0.25, -0.2) is 0 Å². The van der Waals surface area contributed by atoms with E-state index in [-0.39, 0.29) is 0 Å². The van der Waals surface area contributed by atoms with Crippen LogP contribution in [0.4, 0.5) is 5.69 Å². The van der Waals surface area contributed by atoms with E-state index in [1.807, 2.05) is 13.0 Å². The van der Waals surface area contributed by atoms with Gasteiger partial charge in [-0.1, -0.05) is 18.9 Å². The summed E-state index contributed by atoms with van der Waals surface area (Å²) in [5.74, 6) is 0.809. The van der Waals surface area contributed by atoms with Crippen LogP contribution in [-0.2, 0) is 6.42 Å². The molecule has 0 amide bonds. The summed E-state index contributed by atoms with van der Waals surface area (Å²) in [6, 6.07) is 6.21. The van der Waals surface area contributed by atoms with E-state index < -0.39 is 0 Å². The summed E-state index contributed by atoms with van der Waals surface area (Å²) in [6.45, 7) is 6.43. The highest BCUT2D eigenvalue weighted by molar-refractivity contribution is 5.54. The maximum atomic E-state index is 6.01. The smallest absolute Gasteiger partial charge is 0.142 e. The second kappa shape index (κ2) is 8.15. The van der Waals surface area contributed by atoms with E-state index in [0.717, 1.165) is 17.9 Å². The van der Waals surface area contributed by atoms with E-state index in [0.29, 0.717) is 6.61 Å². The van der Waals surface area contributed by atoms with E-state index in [9.17, 15) is 0 Å². The van der Waals surface area contributed by atoms with Gasteiger partial charge in [-0.2, -0.15) is 0 Å². The first-order chi connectivity index (χ1) is 9.79. The highest BCUT2D eigenvalue weighted by Gasteiger charge is 2.08. The molecule has 1 heterocycles. The molecule has 1 aliphatic rings. The van der Waals surface area contributed by atoms with Gasteiger partial charge in [0.05, 0.1) is 12.3 Å². The molecule has 1 aromatic rings. The van der Waals surface area contributed by atoms with Crippen molar-refractivity contribution in [1.82, 2.24) is 4.90 Å². The molecule has 0 bridgehead atoms. The summed E-state index contributed by atoms with van der Waals surface area (Å²) < 4.78 is 5.47. The fourth-order valence-corrected chi connectivity index (χ4v) is 2.91. The largest absolute Gasteiger partial charge is 0.492 e. The van der Waals surface area contributed by atoms with Gasteiger partial charge in [-0.3, -0.25) is 0 Å². The van der Waals surface area contributed by atoms with E-state index >= 15 is 0 Å². The molecule has 0 atom stereocenters. The number of likely N-dealkylation sites (tertiary alicyclic amines) is 1. The normalized spacial score (nSPS) is 16.9. The molecule has 0 radical (unpaired) electrons. The van der Waals surface area contributed by atoms with Crippen molar-refractivity contribution in [2.24, 2.45) is 0 Å². The van der Waals surface area contributed by atoms with Gasteiger partial charge in [0, 0.05) is 0 Å². The molecule has 0 spiro atoms. The Hall–Kier alpha value is -1.22. The number of nitrogens with zero attached hydrogens (tertiary/aromatic N) is 1. The Balaban J connectivity index is 1.77. The quantitative estimate of drug-likeness (QED) is 0.808. The lowest BCUT2D eigenvalue weighted by Crippen LogP contribution is -2.26. The lowest BCUT2D eigenvalue weighted by molar-refractivity contribution is 0.281. The van der Waals surface area contributed by atoms with Crippen LogP contribution in [0.1, 0.15) is 44.6 Å². The van der Waals surface area contributed by atoms with Crippen LogP contribution in [0.3, 0.4) is 0 Å². The van der Waals surface area contributed by atoms with E-state index in [1.165, 1.54) is 57.3 Å². The van der Waals surface area contributed by atoms with Crippen molar-refractivity contribution in [1.29, 1.82) is 0 Å². The van der Waals surface area contributed by atoms with Gasteiger partial charge in [-0.05, 0) is 69.9 Å². The summed E-state index contributed by atoms with van der Waals surface area (Å²) in [5.41, 5.74) is 8.09. The Bertz CT molecular complexity index is 398. The molecule has 112 valence electrons. The molecule has 2 N–H and O–H groups in total. The Labute approximate surface area is 123 Å². The van der Waals surface area contributed by atoms with E-state index in [2.05, 4.69) is 17.0 Å². The highest BCUT2D eigenvalue weighted by Crippen LogP contribution is 2.23. The minimum atomic E-state index is 0.665. The number of nitrogen functional groups attached to an aromatic ring is 1. The van der Waals surface area contributed by atoms with Gasteiger partial charge >= 0.3 is 0 Å². The third kappa shape index (κ3) is 4.71. The van der Waals surface area contributed by atoms with Gasteiger partial charge in [0.1, 0.15) is 5.75 Å². The molecule has 1 aromatic carbocycles. The standard InChI is InChI=1S/C17H28N2O/c1-2-20-17-10-9-15(14-16(17)18)8-7-13-19-11-5-3-4-6-12-19/h9-10,14H,2-8,11-13,18H2,1H3. The molecule has 1 aliphatic heterocycles. The van der Waals surface area contributed by atoms with Crippen molar-refractivity contribution in [3.63, 3.8) is 0 Å². The number of benzene rings is 1. The van der Waals surface area contributed by atoms with Crippen LogP contribution in [0.15, 0.2) is 18.2 Å². The molecular weight excluding hydrogens is 248 g/mol. The van der Waals surface area contributed by atoms with Gasteiger partial charge in [0.25, 0.3) is 0 Å². The zero-order chi connectivity index (χ0) is 14.2. The van der Waals surface area contributed by atoms with Gasteiger partial charge in [0.15, 0.2) is 0 Å². The van der Waals surface area contributed by atoms with Crippen molar-refractivity contribution in [2.45, 2.75) is 45.4 Å². The summed E-state index contributed by atoms with van der Waals surface area (Å²) >= 11 is 0. The summed E-state index contributed by atoms with van der Waals surface area (Å²) in [4.78, 5) is 2.62. The number of aryl methyl sites for hydroxylation is 1. The molecular formula is C17H28N2O. The Morgan fingerprint density at radius 3 is 2.55 bits per heavy atom. The third-order valence-electron chi connectivity index (χ3n) is 4.01. The first-order valence-corrected chi connectivity index (χ1v) is 8.03. The lowest BCUT2D eigenvalue weighted by atomic mass is 10.1. The van der Waals surface area contributed by atoms with Crippen LogP contribution in [0.25, 0.3) is 0 Å². The fourth-order valence-electron chi connectivity index (χ4n) is 2.91. The Morgan fingerprint density at radius 2 is 1.90 bits per heavy atom. The van der Waals surface area contributed by atoms with Crippen molar-refractivity contribution < 1.29 is 4.74 Å². The molecule has 0 saturated carbocycles. The molecule has 2 rings (SSSR count). The SMILES string of the molecule is CCOc1ccc(CCCN2CCCCCC2)cc1N. The molecule has 3 heteroatoms. The average Bonchev–Trinajstić information content (AvgIpc) is 2.71. The van der Waals surface area contributed by atoms with E-state index in [1.54, 1.807) is 0 Å². The fraction of sp³-hybridized carbons (Fsp3) is 0.647. The number of anilines is 1. The van der Waals surface area contributed by atoms with Crippen molar-refractivity contribution in [3.05, 3.63) is 23.8 Å². The summed E-state index contributed by atoms with van der Waals surface area (Å²) in [5, 5.41) is 0. The number of hydrogen-bond acceptors (Lipinski definition) is 3. The maximum Gasteiger partial charge on any atom is 0.142 e. The minimum absolute atomic E-state index is 0.665. The van der Waals surface area contributed by atoms with Crippen LogP contribution < -0.4 is 10.5 Å². The van der Waals surface area contributed by atoms with Crippen molar-refractivity contribution >= 4 is 5.69 Å². The Kier molecular flexibility index (Phi) is 6.19. The number of rotatable bonds is 6. The van der Waals surface area contributed by atoms with Crippen molar-refractivity contribution in [3.8, 4) is 5.75 Å². The third-order valence-corrected chi connectivity index (χ3v) is 4.01. The monoisotopic (exact) mass is 276 g/mol. The first-order valence-electron chi connectivity index (χ1n) is 8.03. The molecule has 0 unspecified atom stereocenters. The number of hydrogen-bond donors (Lipinski definition) is 1. The second-order valence-electron chi connectivity index (χ2n) is 5.66. The molecule has 0 aromatic heterocycles. The minimum Gasteiger partial charge on any atom is -0.492 e. The highest BCUT2D eigenvalue weighted by atomic mass is 16.5. The average molecular weight is 276 g/mol. The predicted molar refractivity (Wildman–Crippen MR) is 85.3 cm³/mol.